The molecule has 164 valence electrons. The van der Waals surface area contributed by atoms with Gasteiger partial charge in [0.2, 0.25) is 0 Å². The molecule has 0 spiro atoms. The maximum absolute atomic E-state index is 12.8. The second-order valence-corrected chi connectivity index (χ2v) is 8.39. The van der Waals surface area contributed by atoms with Crippen molar-refractivity contribution in [2.45, 2.75) is 6.42 Å². The third-order valence-electron chi connectivity index (χ3n) is 5.21. The zero-order chi connectivity index (χ0) is 22.3. The number of benzene rings is 2. The number of nitrogens with one attached hydrogen (secondary N) is 2. The Bertz CT molecular complexity index is 1090. The molecule has 3 aromatic rings. The molecule has 32 heavy (non-hydrogen) atoms. The van der Waals surface area contributed by atoms with Gasteiger partial charge in [-0.1, -0.05) is 30.3 Å². The van der Waals surface area contributed by atoms with Crippen LogP contribution in [0.15, 0.2) is 72.1 Å². The first kappa shape index (κ1) is 21.6. The van der Waals surface area contributed by atoms with Gasteiger partial charge in [-0.05, 0) is 48.2 Å². The normalized spacial score (nSPS) is 13.9. The van der Waals surface area contributed by atoms with Crippen LogP contribution in [0.1, 0.15) is 26.5 Å². The van der Waals surface area contributed by atoms with E-state index in [0.717, 1.165) is 0 Å². The maximum Gasteiger partial charge on any atom is 0.321 e. The Labute approximate surface area is 190 Å². The van der Waals surface area contributed by atoms with E-state index in [4.69, 9.17) is 0 Å². The molecule has 2 N–H and O–H groups in total. The molecular weight excluding hydrogens is 424 g/mol. The minimum atomic E-state index is -0.222. The van der Waals surface area contributed by atoms with E-state index in [-0.39, 0.29) is 17.8 Å². The second kappa shape index (κ2) is 10.1. The SMILES string of the molecule is O=C(Nc1cccc(NC(=O)N2CCCN(C(=O)c3ccccc3)CC2)c1)c1cccs1. The lowest BCUT2D eigenvalue weighted by molar-refractivity contribution is 0.0762. The summed E-state index contributed by atoms with van der Waals surface area (Å²) < 4.78 is 0. The molecule has 1 saturated heterocycles. The van der Waals surface area contributed by atoms with Crippen LogP contribution in [-0.2, 0) is 0 Å². The Hall–Kier alpha value is -3.65. The van der Waals surface area contributed by atoms with E-state index in [0.29, 0.717) is 54.4 Å². The lowest BCUT2D eigenvalue weighted by atomic mass is 10.2. The highest BCUT2D eigenvalue weighted by atomic mass is 32.1. The van der Waals surface area contributed by atoms with Crippen molar-refractivity contribution < 1.29 is 14.4 Å². The Morgan fingerprint density at radius 1 is 0.750 bits per heavy atom. The molecule has 0 atom stereocenters. The van der Waals surface area contributed by atoms with E-state index >= 15 is 0 Å². The molecule has 0 bridgehead atoms. The van der Waals surface area contributed by atoms with Crippen LogP contribution in [0.2, 0.25) is 0 Å². The Morgan fingerprint density at radius 3 is 2.22 bits per heavy atom. The first-order valence-corrected chi connectivity index (χ1v) is 11.3. The molecule has 1 aliphatic rings. The molecule has 0 saturated carbocycles. The summed E-state index contributed by atoms with van der Waals surface area (Å²) in [4.78, 5) is 41.9. The van der Waals surface area contributed by atoms with E-state index in [9.17, 15) is 14.4 Å². The molecule has 7 nitrogen and oxygen atoms in total. The molecule has 8 heteroatoms. The van der Waals surface area contributed by atoms with E-state index in [1.807, 2.05) is 41.8 Å². The topological polar surface area (TPSA) is 81.8 Å². The summed E-state index contributed by atoms with van der Waals surface area (Å²) in [7, 11) is 0. The predicted molar refractivity (Wildman–Crippen MR) is 126 cm³/mol. The van der Waals surface area contributed by atoms with Gasteiger partial charge < -0.3 is 20.4 Å². The Balaban J connectivity index is 1.34. The highest BCUT2D eigenvalue weighted by Crippen LogP contribution is 2.18. The predicted octanol–water partition coefficient (Wildman–Crippen LogP) is 4.38. The van der Waals surface area contributed by atoms with Gasteiger partial charge in [0.15, 0.2) is 0 Å². The number of amides is 4. The average molecular weight is 449 g/mol. The Kier molecular flexibility index (Phi) is 6.81. The molecule has 2 heterocycles. The van der Waals surface area contributed by atoms with Crippen molar-refractivity contribution in [3.8, 4) is 0 Å². The summed E-state index contributed by atoms with van der Waals surface area (Å²) in [6, 6.07) is 19.6. The Morgan fingerprint density at radius 2 is 1.47 bits per heavy atom. The minimum Gasteiger partial charge on any atom is -0.337 e. The van der Waals surface area contributed by atoms with Crippen LogP contribution in [0, 0.1) is 0 Å². The summed E-state index contributed by atoms with van der Waals surface area (Å²) in [5, 5.41) is 7.59. The largest absolute Gasteiger partial charge is 0.337 e. The monoisotopic (exact) mass is 448 g/mol. The number of hydrogen-bond acceptors (Lipinski definition) is 4. The van der Waals surface area contributed by atoms with Crippen molar-refractivity contribution in [1.82, 2.24) is 9.80 Å². The maximum atomic E-state index is 12.8. The molecule has 1 aromatic heterocycles. The summed E-state index contributed by atoms with van der Waals surface area (Å²) in [5.74, 6) is -0.193. The van der Waals surface area contributed by atoms with Crippen LogP contribution >= 0.6 is 11.3 Å². The summed E-state index contributed by atoms with van der Waals surface area (Å²) in [5.41, 5.74) is 1.86. The lowest BCUT2D eigenvalue weighted by Crippen LogP contribution is -2.39. The standard InChI is InChI=1S/C24H24N4O3S/c29-22(21-11-5-16-32-21)25-19-9-4-10-20(17-19)26-24(31)28-13-6-12-27(14-15-28)23(30)18-7-2-1-3-8-18/h1-5,7-11,16-17H,6,12-15H2,(H,25,29)(H,26,31). The number of carbonyl (C=O) groups is 3. The van der Waals surface area contributed by atoms with Gasteiger partial charge in [0.25, 0.3) is 11.8 Å². The zero-order valence-electron chi connectivity index (χ0n) is 17.5. The molecule has 2 aromatic carbocycles. The van der Waals surface area contributed by atoms with E-state index in [2.05, 4.69) is 10.6 Å². The molecule has 1 fully saturated rings. The van der Waals surface area contributed by atoms with Gasteiger partial charge >= 0.3 is 6.03 Å². The van der Waals surface area contributed by atoms with Gasteiger partial charge in [-0.2, -0.15) is 0 Å². The highest BCUT2D eigenvalue weighted by molar-refractivity contribution is 7.12. The first-order valence-electron chi connectivity index (χ1n) is 10.5. The molecule has 0 unspecified atom stereocenters. The first-order chi connectivity index (χ1) is 15.6. The number of nitrogens with zero attached hydrogens (tertiary/aromatic N) is 2. The van der Waals surface area contributed by atoms with Crippen molar-refractivity contribution >= 4 is 40.6 Å². The van der Waals surface area contributed by atoms with Gasteiger partial charge in [0, 0.05) is 43.1 Å². The van der Waals surface area contributed by atoms with E-state index in [1.165, 1.54) is 11.3 Å². The fraction of sp³-hybridized carbons (Fsp3) is 0.208. The summed E-state index contributed by atoms with van der Waals surface area (Å²) in [6.07, 6.45) is 0.711. The minimum absolute atomic E-state index is 0.0120. The number of anilines is 2. The second-order valence-electron chi connectivity index (χ2n) is 7.44. The molecule has 1 aliphatic heterocycles. The smallest absolute Gasteiger partial charge is 0.321 e. The third kappa shape index (κ3) is 5.33. The molecule has 4 rings (SSSR count). The molecule has 4 amide bonds. The van der Waals surface area contributed by atoms with Gasteiger partial charge in [0.1, 0.15) is 0 Å². The highest BCUT2D eigenvalue weighted by Gasteiger charge is 2.23. The summed E-state index contributed by atoms with van der Waals surface area (Å²) in [6.45, 7) is 2.12. The molecule has 0 radical (unpaired) electrons. The quantitative estimate of drug-likeness (QED) is 0.621. The van der Waals surface area contributed by atoms with Crippen molar-refractivity contribution in [2.75, 3.05) is 36.8 Å². The van der Waals surface area contributed by atoms with Gasteiger partial charge in [-0.25, -0.2) is 4.79 Å². The van der Waals surface area contributed by atoms with Crippen LogP contribution in [0.5, 0.6) is 0 Å². The van der Waals surface area contributed by atoms with Crippen molar-refractivity contribution in [3.63, 3.8) is 0 Å². The molecule has 0 aliphatic carbocycles. The van der Waals surface area contributed by atoms with Gasteiger partial charge in [-0.3, -0.25) is 9.59 Å². The number of thiophene rings is 1. The van der Waals surface area contributed by atoms with Crippen LogP contribution in [0.3, 0.4) is 0 Å². The number of rotatable bonds is 4. The van der Waals surface area contributed by atoms with Crippen molar-refractivity contribution in [1.29, 1.82) is 0 Å². The van der Waals surface area contributed by atoms with Gasteiger partial charge in [-0.15, -0.1) is 11.3 Å². The number of carbonyl (C=O) groups excluding carboxylic acids is 3. The lowest BCUT2D eigenvalue weighted by Gasteiger charge is -2.22. The van der Waals surface area contributed by atoms with Crippen LogP contribution in [0.4, 0.5) is 16.2 Å². The van der Waals surface area contributed by atoms with Crippen molar-refractivity contribution in [3.05, 3.63) is 82.6 Å². The van der Waals surface area contributed by atoms with Crippen LogP contribution in [-0.4, -0.2) is 53.8 Å². The van der Waals surface area contributed by atoms with Crippen molar-refractivity contribution in [2.24, 2.45) is 0 Å². The van der Waals surface area contributed by atoms with E-state index < -0.39 is 0 Å². The third-order valence-corrected chi connectivity index (χ3v) is 6.08. The summed E-state index contributed by atoms with van der Waals surface area (Å²) >= 11 is 1.37. The van der Waals surface area contributed by atoms with Gasteiger partial charge in [0.05, 0.1) is 4.88 Å². The fourth-order valence-corrected chi connectivity index (χ4v) is 4.18. The van der Waals surface area contributed by atoms with Crippen LogP contribution < -0.4 is 10.6 Å². The number of urea groups is 1. The van der Waals surface area contributed by atoms with E-state index in [1.54, 1.807) is 40.1 Å². The fourth-order valence-electron chi connectivity index (χ4n) is 3.56. The molecular formula is C24H24N4O3S. The number of hydrogen-bond donors (Lipinski definition) is 2. The average Bonchev–Trinajstić information content (AvgIpc) is 3.24. The van der Waals surface area contributed by atoms with Crippen LogP contribution in [0.25, 0.3) is 0 Å². The zero-order valence-corrected chi connectivity index (χ0v) is 18.3.